The van der Waals surface area contributed by atoms with Crippen molar-refractivity contribution in [2.75, 3.05) is 13.1 Å². The molecule has 2 amide bonds. The van der Waals surface area contributed by atoms with Crippen LogP contribution in [0.25, 0.3) is 10.9 Å². The van der Waals surface area contributed by atoms with Crippen LogP contribution < -0.4 is 5.32 Å². The van der Waals surface area contributed by atoms with Crippen LogP contribution in [0.4, 0.5) is 13.2 Å². The summed E-state index contributed by atoms with van der Waals surface area (Å²) in [6.45, 7) is 5.08. The van der Waals surface area contributed by atoms with Crippen LogP contribution >= 0.6 is 0 Å². The first-order valence-corrected chi connectivity index (χ1v) is 9.02. The number of hydrogen-bond acceptors (Lipinski definition) is 2. The number of likely N-dealkylation sites (tertiary alicyclic amines) is 1. The van der Waals surface area contributed by atoms with Crippen molar-refractivity contribution in [2.45, 2.75) is 32.1 Å². The van der Waals surface area contributed by atoms with Crippen LogP contribution in [0.1, 0.15) is 12.0 Å². The largest absolute Gasteiger partial charge is 0.393 e. The predicted molar refractivity (Wildman–Crippen MR) is 99.5 cm³/mol. The fourth-order valence-corrected chi connectivity index (χ4v) is 3.77. The van der Waals surface area contributed by atoms with Gasteiger partial charge in [0.15, 0.2) is 0 Å². The Morgan fingerprint density at radius 1 is 1.32 bits per heavy atom. The minimum absolute atomic E-state index is 0.00164. The quantitative estimate of drug-likeness (QED) is 0.812. The van der Waals surface area contributed by atoms with E-state index in [9.17, 15) is 22.8 Å². The number of fused-ring (bicyclic) bond motifs is 1. The number of rotatable bonds is 4. The average molecular weight is 393 g/mol. The third-order valence-corrected chi connectivity index (χ3v) is 5.19. The van der Waals surface area contributed by atoms with Gasteiger partial charge < -0.3 is 14.8 Å². The van der Waals surface area contributed by atoms with E-state index in [-0.39, 0.29) is 32.0 Å². The second kappa shape index (κ2) is 7.69. The summed E-state index contributed by atoms with van der Waals surface area (Å²) in [5, 5.41) is 3.36. The number of hydrogen-bond donors (Lipinski definition) is 1. The summed E-state index contributed by atoms with van der Waals surface area (Å²) in [5.74, 6) is -2.64. The summed E-state index contributed by atoms with van der Waals surface area (Å²) in [6, 6.07) is 6.46. The molecular formula is C20H22F3N3O2. The Kier molecular flexibility index (Phi) is 5.49. The second-order valence-electron chi connectivity index (χ2n) is 7.05. The zero-order chi connectivity index (χ0) is 20.5. The van der Waals surface area contributed by atoms with Crippen molar-refractivity contribution >= 4 is 22.7 Å². The SMILES string of the molecule is C=CC(=O)NC1CN(C(=O)Cn2cc(C)c3ccccc32)CCC1C(F)(F)F. The van der Waals surface area contributed by atoms with Crippen LogP contribution in [0.15, 0.2) is 43.1 Å². The number of nitrogens with one attached hydrogen (secondary N) is 1. The van der Waals surface area contributed by atoms with Crippen LogP contribution in [-0.4, -0.2) is 46.6 Å². The lowest BCUT2D eigenvalue weighted by molar-refractivity contribution is -0.194. The molecule has 1 aromatic carbocycles. The zero-order valence-electron chi connectivity index (χ0n) is 15.5. The van der Waals surface area contributed by atoms with Gasteiger partial charge in [0.1, 0.15) is 6.54 Å². The number of amides is 2. The number of benzene rings is 1. The number of para-hydroxylation sites is 1. The fourth-order valence-electron chi connectivity index (χ4n) is 3.77. The summed E-state index contributed by atoms with van der Waals surface area (Å²) in [7, 11) is 0. The Bertz CT molecular complexity index is 904. The van der Waals surface area contributed by atoms with E-state index in [1.807, 2.05) is 37.4 Å². The lowest BCUT2D eigenvalue weighted by Crippen LogP contribution is -2.57. The summed E-state index contributed by atoms with van der Waals surface area (Å²) < 4.78 is 41.7. The lowest BCUT2D eigenvalue weighted by atomic mass is 9.90. The molecule has 1 N–H and O–H groups in total. The van der Waals surface area contributed by atoms with E-state index in [0.717, 1.165) is 22.5 Å². The standard InChI is InChI=1S/C20H22F3N3O2/c1-3-18(27)24-16-11-25(9-8-15(16)20(21,22)23)19(28)12-26-10-13(2)14-6-4-5-7-17(14)26/h3-7,10,15-16H,1,8-9,11-12H2,2H3,(H,24,27). The Balaban J connectivity index is 1.76. The number of piperidine rings is 1. The fraction of sp³-hybridized carbons (Fsp3) is 0.400. The Hall–Kier alpha value is -2.77. The number of carbonyl (C=O) groups is 2. The van der Waals surface area contributed by atoms with Crippen LogP contribution in [0, 0.1) is 12.8 Å². The molecule has 1 saturated heterocycles. The van der Waals surface area contributed by atoms with Gasteiger partial charge in [-0.3, -0.25) is 9.59 Å². The van der Waals surface area contributed by atoms with Gasteiger partial charge in [-0.25, -0.2) is 0 Å². The van der Waals surface area contributed by atoms with Gasteiger partial charge in [0.2, 0.25) is 11.8 Å². The summed E-state index contributed by atoms with van der Waals surface area (Å²) >= 11 is 0. The molecule has 0 bridgehead atoms. The molecule has 8 heteroatoms. The number of halogens is 3. The highest BCUT2D eigenvalue weighted by Gasteiger charge is 2.48. The molecule has 0 aliphatic carbocycles. The van der Waals surface area contributed by atoms with E-state index in [1.54, 1.807) is 4.57 Å². The first kappa shape index (κ1) is 20.0. The monoisotopic (exact) mass is 393 g/mol. The predicted octanol–water partition coefficient (Wildman–Crippen LogP) is 3.03. The highest BCUT2D eigenvalue weighted by molar-refractivity contribution is 5.87. The van der Waals surface area contributed by atoms with E-state index < -0.39 is 24.0 Å². The molecule has 0 radical (unpaired) electrons. The van der Waals surface area contributed by atoms with Gasteiger partial charge in [-0.2, -0.15) is 13.2 Å². The van der Waals surface area contributed by atoms with Crippen LogP contribution in [0.5, 0.6) is 0 Å². The third-order valence-electron chi connectivity index (χ3n) is 5.19. The highest BCUT2D eigenvalue weighted by Crippen LogP contribution is 2.34. The van der Waals surface area contributed by atoms with E-state index in [2.05, 4.69) is 11.9 Å². The number of aromatic nitrogens is 1. The molecule has 1 aliphatic heterocycles. The number of nitrogens with zero attached hydrogens (tertiary/aromatic N) is 2. The van der Waals surface area contributed by atoms with Gasteiger partial charge in [-0.05, 0) is 31.1 Å². The molecule has 2 atom stereocenters. The van der Waals surface area contributed by atoms with Gasteiger partial charge in [0.25, 0.3) is 0 Å². The van der Waals surface area contributed by atoms with Crippen molar-refractivity contribution in [3.05, 3.63) is 48.7 Å². The molecule has 1 aliphatic rings. The first-order valence-electron chi connectivity index (χ1n) is 9.02. The maximum Gasteiger partial charge on any atom is 0.393 e. The second-order valence-corrected chi connectivity index (χ2v) is 7.05. The summed E-state index contributed by atoms with van der Waals surface area (Å²) in [4.78, 5) is 25.7. The Morgan fingerprint density at radius 2 is 2.04 bits per heavy atom. The van der Waals surface area contributed by atoms with Crippen molar-refractivity contribution in [1.29, 1.82) is 0 Å². The van der Waals surface area contributed by atoms with Crippen LogP contribution in [0.2, 0.25) is 0 Å². The van der Waals surface area contributed by atoms with Gasteiger partial charge in [-0.1, -0.05) is 24.8 Å². The zero-order valence-corrected chi connectivity index (χ0v) is 15.5. The van der Waals surface area contributed by atoms with Crippen molar-refractivity contribution in [3.8, 4) is 0 Å². The molecule has 1 fully saturated rings. The smallest absolute Gasteiger partial charge is 0.347 e. The lowest BCUT2D eigenvalue weighted by Gasteiger charge is -2.39. The molecule has 2 unspecified atom stereocenters. The maximum absolute atomic E-state index is 13.3. The van der Waals surface area contributed by atoms with Gasteiger partial charge in [0.05, 0.1) is 12.0 Å². The Morgan fingerprint density at radius 3 is 2.71 bits per heavy atom. The maximum atomic E-state index is 13.3. The average Bonchev–Trinajstić information content (AvgIpc) is 2.96. The van der Waals surface area contributed by atoms with E-state index >= 15 is 0 Å². The molecule has 0 spiro atoms. The molecule has 150 valence electrons. The molecule has 3 rings (SSSR count). The molecule has 2 heterocycles. The van der Waals surface area contributed by atoms with Crippen molar-refractivity contribution < 1.29 is 22.8 Å². The molecular weight excluding hydrogens is 371 g/mol. The van der Waals surface area contributed by atoms with Gasteiger partial charge in [0, 0.05) is 30.2 Å². The topological polar surface area (TPSA) is 54.3 Å². The van der Waals surface area contributed by atoms with Gasteiger partial charge in [-0.15, -0.1) is 0 Å². The molecule has 1 aromatic heterocycles. The Labute approximate surface area is 160 Å². The summed E-state index contributed by atoms with van der Waals surface area (Å²) in [6.07, 6.45) is -1.89. The van der Waals surface area contributed by atoms with E-state index in [1.165, 1.54) is 4.90 Å². The summed E-state index contributed by atoms with van der Waals surface area (Å²) in [5.41, 5.74) is 1.92. The third kappa shape index (κ3) is 4.05. The molecule has 2 aromatic rings. The van der Waals surface area contributed by atoms with Crippen LogP contribution in [-0.2, 0) is 16.1 Å². The highest BCUT2D eigenvalue weighted by atomic mass is 19.4. The van der Waals surface area contributed by atoms with Crippen LogP contribution in [0.3, 0.4) is 0 Å². The molecule has 0 saturated carbocycles. The minimum Gasteiger partial charge on any atom is -0.347 e. The van der Waals surface area contributed by atoms with Crippen molar-refractivity contribution in [3.63, 3.8) is 0 Å². The van der Waals surface area contributed by atoms with E-state index in [0.29, 0.717) is 0 Å². The normalized spacial score (nSPS) is 20.2. The molecule has 5 nitrogen and oxygen atoms in total. The van der Waals surface area contributed by atoms with Crippen molar-refractivity contribution in [2.24, 2.45) is 5.92 Å². The number of alkyl halides is 3. The molecule has 28 heavy (non-hydrogen) atoms. The van der Waals surface area contributed by atoms with Gasteiger partial charge >= 0.3 is 6.18 Å². The van der Waals surface area contributed by atoms with E-state index in [4.69, 9.17) is 0 Å². The first-order chi connectivity index (χ1) is 13.2. The number of aryl methyl sites for hydroxylation is 1. The van der Waals surface area contributed by atoms with Crippen molar-refractivity contribution in [1.82, 2.24) is 14.8 Å². The number of carbonyl (C=O) groups excluding carboxylic acids is 2. The minimum atomic E-state index is -4.44.